The maximum Gasteiger partial charge on any atom is 0.338 e. The van der Waals surface area contributed by atoms with Crippen molar-refractivity contribution >= 4 is 23.3 Å². The van der Waals surface area contributed by atoms with Crippen LogP contribution in [0, 0.1) is 15.9 Å². The van der Waals surface area contributed by atoms with Gasteiger partial charge in [-0.05, 0) is 6.07 Å². The first-order chi connectivity index (χ1) is 6.97. The van der Waals surface area contributed by atoms with Crippen molar-refractivity contribution in [2.75, 3.05) is 7.11 Å². The fourth-order valence-electron chi connectivity index (χ4n) is 0.943. The number of nitro benzene ring substituents is 1. The van der Waals surface area contributed by atoms with Crippen LogP contribution < -0.4 is 0 Å². The average Bonchev–Trinajstić information content (AvgIpc) is 2.20. The smallest absolute Gasteiger partial charge is 0.338 e. The molecule has 5 nitrogen and oxygen atoms in total. The second-order valence-corrected chi connectivity index (χ2v) is 2.95. The number of rotatable bonds is 2. The molecule has 0 aromatic heterocycles. The number of carbonyl (C=O) groups excluding carboxylic acids is 1. The summed E-state index contributed by atoms with van der Waals surface area (Å²) in [6.45, 7) is 0. The number of hydrogen-bond acceptors (Lipinski definition) is 4. The average molecular weight is 234 g/mol. The highest BCUT2D eigenvalue weighted by molar-refractivity contribution is 6.31. The number of ether oxygens (including phenoxy) is 1. The number of esters is 1. The Balaban J connectivity index is 3.35. The Morgan fingerprint density at radius 1 is 1.60 bits per heavy atom. The van der Waals surface area contributed by atoms with Crippen molar-refractivity contribution in [3.8, 4) is 0 Å². The molecular formula is C8H5ClFNO4. The second kappa shape index (κ2) is 4.22. The number of methoxy groups -OCH3 is 1. The molecule has 0 bridgehead atoms. The summed E-state index contributed by atoms with van der Waals surface area (Å²) in [6.07, 6.45) is 0. The minimum Gasteiger partial charge on any atom is -0.465 e. The van der Waals surface area contributed by atoms with E-state index in [0.29, 0.717) is 0 Å². The van der Waals surface area contributed by atoms with Crippen molar-refractivity contribution in [2.24, 2.45) is 0 Å². The molecular weight excluding hydrogens is 229 g/mol. The third-order valence-electron chi connectivity index (χ3n) is 1.63. The molecule has 7 heteroatoms. The van der Waals surface area contributed by atoms with Crippen LogP contribution in [-0.2, 0) is 4.74 Å². The van der Waals surface area contributed by atoms with E-state index in [1.54, 1.807) is 0 Å². The number of hydrogen-bond donors (Lipinski definition) is 0. The summed E-state index contributed by atoms with van der Waals surface area (Å²) < 4.78 is 17.4. The van der Waals surface area contributed by atoms with Crippen LogP contribution >= 0.6 is 11.6 Å². The van der Waals surface area contributed by atoms with Gasteiger partial charge in [0.05, 0.1) is 22.6 Å². The Morgan fingerprint density at radius 3 is 2.67 bits per heavy atom. The van der Waals surface area contributed by atoms with Gasteiger partial charge in [-0.15, -0.1) is 0 Å². The van der Waals surface area contributed by atoms with Crippen LogP contribution in [0.1, 0.15) is 10.4 Å². The lowest BCUT2D eigenvalue weighted by atomic mass is 10.2. The van der Waals surface area contributed by atoms with E-state index in [-0.39, 0.29) is 5.56 Å². The van der Waals surface area contributed by atoms with Gasteiger partial charge in [0.15, 0.2) is 0 Å². The molecule has 0 amide bonds. The summed E-state index contributed by atoms with van der Waals surface area (Å²) in [5.41, 5.74) is -1.03. The fourth-order valence-corrected chi connectivity index (χ4v) is 1.16. The molecule has 80 valence electrons. The quantitative estimate of drug-likeness (QED) is 0.446. The predicted molar refractivity (Wildman–Crippen MR) is 49.4 cm³/mol. The Hall–Kier alpha value is -1.69. The standard InChI is InChI=1S/C8H5ClFNO4/c1-15-8(12)4-2-5(9)7(10)6(3-4)11(13)14/h2-3H,1H3. The van der Waals surface area contributed by atoms with Crippen molar-refractivity contribution in [2.45, 2.75) is 0 Å². The summed E-state index contributed by atoms with van der Waals surface area (Å²) in [4.78, 5) is 20.5. The SMILES string of the molecule is COC(=O)c1cc(Cl)c(F)c([N+](=O)[O-])c1. The number of nitrogens with zero attached hydrogens (tertiary/aromatic N) is 1. The van der Waals surface area contributed by atoms with Gasteiger partial charge in [-0.1, -0.05) is 11.6 Å². The third-order valence-corrected chi connectivity index (χ3v) is 1.90. The Bertz CT molecular complexity index is 435. The number of nitro groups is 1. The largest absolute Gasteiger partial charge is 0.465 e. The molecule has 0 aliphatic rings. The van der Waals surface area contributed by atoms with Gasteiger partial charge < -0.3 is 4.74 Å². The highest BCUT2D eigenvalue weighted by Gasteiger charge is 2.21. The molecule has 15 heavy (non-hydrogen) atoms. The van der Waals surface area contributed by atoms with Crippen LogP contribution in [0.15, 0.2) is 12.1 Å². The van der Waals surface area contributed by atoms with Crippen molar-refractivity contribution in [1.29, 1.82) is 0 Å². The molecule has 0 aliphatic heterocycles. The van der Waals surface area contributed by atoms with Crippen molar-refractivity contribution in [1.82, 2.24) is 0 Å². The lowest BCUT2D eigenvalue weighted by Gasteiger charge is -2.01. The number of halogens is 2. The van der Waals surface area contributed by atoms with Crippen LogP contribution in [0.3, 0.4) is 0 Å². The third kappa shape index (κ3) is 2.21. The summed E-state index contributed by atoms with van der Waals surface area (Å²) in [5, 5.41) is 9.90. The summed E-state index contributed by atoms with van der Waals surface area (Å²) >= 11 is 5.38. The maximum atomic E-state index is 13.1. The molecule has 0 atom stereocenters. The van der Waals surface area contributed by atoms with Gasteiger partial charge >= 0.3 is 11.7 Å². The molecule has 1 aromatic rings. The van der Waals surface area contributed by atoms with Gasteiger partial charge in [0.25, 0.3) is 0 Å². The van der Waals surface area contributed by atoms with E-state index in [0.717, 1.165) is 19.2 Å². The van der Waals surface area contributed by atoms with Crippen molar-refractivity contribution in [3.05, 3.63) is 38.7 Å². The number of carbonyl (C=O) groups is 1. The first-order valence-electron chi connectivity index (χ1n) is 3.69. The highest BCUT2D eigenvalue weighted by atomic mass is 35.5. The molecule has 1 aromatic carbocycles. The van der Waals surface area contributed by atoms with Gasteiger partial charge in [-0.25, -0.2) is 4.79 Å². The Labute approximate surface area is 88.6 Å². The molecule has 0 saturated heterocycles. The Kier molecular flexibility index (Phi) is 3.21. The van der Waals surface area contributed by atoms with Crippen LogP contribution in [0.4, 0.5) is 10.1 Å². The minimum absolute atomic E-state index is 0.171. The molecule has 0 spiro atoms. The fraction of sp³-hybridized carbons (Fsp3) is 0.125. The monoisotopic (exact) mass is 233 g/mol. The predicted octanol–water partition coefficient (Wildman–Crippen LogP) is 2.17. The van der Waals surface area contributed by atoms with Gasteiger partial charge in [0.2, 0.25) is 5.82 Å². The summed E-state index contributed by atoms with van der Waals surface area (Å²) in [5.74, 6) is -1.99. The van der Waals surface area contributed by atoms with Crippen LogP contribution in [0.2, 0.25) is 5.02 Å². The zero-order valence-corrected chi connectivity index (χ0v) is 8.25. The second-order valence-electron chi connectivity index (χ2n) is 2.54. The molecule has 0 unspecified atom stereocenters. The highest BCUT2D eigenvalue weighted by Crippen LogP contribution is 2.26. The zero-order chi connectivity index (χ0) is 11.6. The zero-order valence-electron chi connectivity index (χ0n) is 7.49. The molecule has 0 saturated carbocycles. The van der Waals surface area contributed by atoms with E-state index in [1.807, 2.05) is 0 Å². The van der Waals surface area contributed by atoms with Gasteiger partial charge in [0, 0.05) is 6.07 Å². The van der Waals surface area contributed by atoms with Crippen molar-refractivity contribution < 1.29 is 18.8 Å². The molecule has 0 aliphatic carbocycles. The molecule has 0 N–H and O–H groups in total. The van der Waals surface area contributed by atoms with E-state index in [2.05, 4.69) is 4.74 Å². The summed E-state index contributed by atoms with van der Waals surface area (Å²) in [6, 6.07) is 1.74. The molecule has 1 rings (SSSR count). The molecule has 0 radical (unpaired) electrons. The first kappa shape index (κ1) is 11.4. The van der Waals surface area contributed by atoms with E-state index in [4.69, 9.17) is 11.6 Å². The van der Waals surface area contributed by atoms with E-state index < -0.39 is 27.4 Å². The molecule has 0 fully saturated rings. The maximum absolute atomic E-state index is 13.1. The topological polar surface area (TPSA) is 69.4 Å². The summed E-state index contributed by atoms with van der Waals surface area (Å²) in [7, 11) is 1.10. The minimum atomic E-state index is -1.17. The molecule has 0 heterocycles. The van der Waals surface area contributed by atoms with Crippen LogP contribution in [0.25, 0.3) is 0 Å². The van der Waals surface area contributed by atoms with Gasteiger partial charge in [0.1, 0.15) is 0 Å². The van der Waals surface area contributed by atoms with E-state index >= 15 is 0 Å². The Morgan fingerprint density at radius 2 is 2.20 bits per heavy atom. The normalized spacial score (nSPS) is 9.80. The van der Waals surface area contributed by atoms with Crippen LogP contribution in [-0.4, -0.2) is 18.0 Å². The lowest BCUT2D eigenvalue weighted by molar-refractivity contribution is -0.387. The first-order valence-corrected chi connectivity index (χ1v) is 4.07. The van der Waals surface area contributed by atoms with E-state index in [1.165, 1.54) is 0 Å². The van der Waals surface area contributed by atoms with E-state index in [9.17, 15) is 19.3 Å². The van der Waals surface area contributed by atoms with Crippen molar-refractivity contribution in [3.63, 3.8) is 0 Å². The lowest BCUT2D eigenvalue weighted by Crippen LogP contribution is -2.03. The number of benzene rings is 1. The van der Waals surface area contributed by atoms with Gasteiger partial charge in [-0.2, -0.15) is 4.39 Å². The van der Waals surface area contributed by atoms with Crippen LogP contribution in [0.5, 0.6) is 0 Å². The van der Waals surface area contributed by atoms with Gasteiger partial charge in [-0.3, -0.25) is 10.1 Å².